The van der Waals surface area contributed by atoms with Gasteiger partial charge in [-0.3, -0.25) is 9.78 Å². The Kier molecular flexibility index (Phi) is 6.31. The lowest BCUT2D eigenvalue weighted by molar-refractivity contribution is 0.0943. The van der Waals surface area contributed by atoms with Crippen LogP contribution >= 0.6 is 11.5 Å². The molecule has 0 amide bonds. The van der Waals surface area contributed by atoms with E-state index in [0.717, 1.165) is 33.0 Å². The summed E-state index contributed by atoms with van der Waals surface area (Å²) < 4.78 is 4.13. The minimum Gasteiger partial charge on any atom is -0.396 e. The number of aromatic nitrogens is 3. The molecule has 3 aromatic rings. The summed E-state index contributed by atoms with van der Waals surface area (Å²) in [4.78, 5) is 18.3. The summed E-state index contributed by atoms with van der Waals surface area (Å²) in [5.74, 6) is 0.178. The zero-order valence-corrected chi connectivity index (χ0v) is 17.5. The fraction of sp³-hybridized carbons (Fsp3) is 0.364. The van der Waals surface area contributed by atoms with Gasteiger partial charge in [0.1, 0.15) is 0 Å². The molecule has 28 heavy (non-hydrogen) atoms. The van der Waals surface area contributed by atoms with Crippen molar-refractivity contribution >= 4 is 17.3 Å². The number of aryl methyl sites for hydroxylation is 1. The van der Waals surface area contributed by atoms with E-state index in [1.807, 2.05) is 50.4 Å². The zero-order chi connectivity index (χ0) is 20.3. The van der Waals surface area contributed by atoms with Gasteiger partial charge in [0.15, 0.2) is 5.78 Å². The van der Waals surface area contributed by atoms with Crippen LogP contribution in [0.25, 0.3) is 21.7 Å². The van der Waals surface area contributed by atoms with Gasteiger partial charge in [-0.1, -0.05) is 31.3 Å². The molecule has 0 fully saturated rings. The molecule has 1 atom stereocenters. The maximum atomic E-state index is 12.8. The molecule has 2 aromatic heterocycles. The van der Waals surface area contributed by atoms with Crippen molar-refractivity contribution in [1.82, 2.24) is 14.6 Å². The van der Waals surface area contributed by atoms with Gasteiger partial charge in [0.2, 0.25) is 0 Å². The molecule has 0 saturated heterocycles. The first-order chi connectivity index (χ1) is 13.4. The first-order valence-electron chi connectivity index (χ1n) is 9.43. The Hall–Kier alpha value is -2.44. The van der Waals surface area contributed by atoms with E-state index in [-0.39, 0.29) is 24.2 Å². The molecule has 0 aliphatic rings. The standard InChI is InChI=1S/C22H25N3O2S/c1-13(2)21-22(28-25-24-21)18-9-16(19-6-5-14(3)11-23-19)8-17(10-18)20(27)7-15(4)12-26/h5-6,8-11,13,15,26H,7,12H2,1-4H3/t15-/m0/s1. The molecule has 0 aliphatic heterocycles. The van der Waals surface area contributed by atoms with Crippen LogP contribution < -0.4 is 0 Å². The van der Waals surface area contributed by atoms with Gasteiger partial charge < -0.3 is 5.11 Å². The molecule has 0 bridgehead atoms. The molecule has 3 rings (SSSR count). The van der Waals surface area contributed by atoms with E-state index >= 15 is 0 Å². The number of hydrogen-bond acceptors (Lipinski definition) is 6. The molecule has 0 saturated carbocycles. The van der Waals surface area contributed by atoms with Crippen molar-refractivity contribution in [3.63, 3.8) is 0 Å². The van der Waals surface area contributed by atoms with Gasteiger partial charge in [-0.25, -0.2) is 0 Å². The predicted molar refractivity (Wildman–Crippen MR) is 113 cm³/mol. The lowest BCUT2D eigenvalue weighted by atomic mass is 9.94. The highest BCUT2D eigenvalue weighted by Gasteiger charge is 2.18. The van der Waals surface area contributed by atoms with Crippen LogP contribution in [-0.2, 0) is 0 Å². The summed E-state index contributed by atoms with van der Waals surface area (Å²) in [5, 5.41) is 13.6. The smallest absolute Gasteiger partial charge is 0.163 e. The largest absolute Gasteiger partial charge is 0.396 e. The summed E-state index contributed by atoms with van der Waals surface area (Å²) in [7, 11) is 0. The normalized spacial score (nSPS) is 12.4. The molecular weight excluding hydrogens is 370 g/mol. The number of benzene rings is 1. The van der Waals surface area contributed by atoms with Gasteiger partial charge in [-0.15, -0.1) is 5.10 Å². The van der Waals surface area contributed by atoms with Gasteiger partial charge in [0.05, 0.1) is 16.3 Å². The Balaban J connectivity index is 2.12. The van der Waals surface area contributed by atoms with E-state index in [9.17, 15) is 9.90 Å². The summed E-state index contributed by atoms with van der Waals surface area (Å²) in [6.07, 6.45) is 2.13. The third kappa shape index (κ3) is 4.51. The SMILES string of the molecule is Cc1ccc(-c2cc(C(=O)C[C@H](C)CO)cc(-c3snnc3C(C)C)c2)nc1. The molecule has 1 N–H and O–H groups in total. The molecule has 5 nitrogen and oxygen atoms in total. The third-order valence-corrected chi connectivity index (χ3v) is 5.42. The quantitative estimate of drug-likeness (QED) is 0.576. The number of carbonyl (C=O) groups is 1. The van der Waals surface area contributed by atoms with Crippen molar-refractivity contribution in [2.45, 2.75) is 40.0 Å². The van der Waals surface area contributed by atoms with E-state index in [1.54, 1.807) is 0 Å². The number of Topliss-reactive ketones (excluding diaryl/α,β-unsaturated/α-hetero) is 1. The third-order valence-electron chi connectivity index (χ3n) is 4.63. The van der Waals surface area contributed by atoms with Crippen LogP contribution in [0, 0.1) is 12.8 Å². The fourth-order valence-corrected chi connectivity index (χ4v) is 3.78. The highest BCUT2D eigenvalue weighted by Crippen LogP contribution is 2.34. The molecule has 0 unspecified atom stereocenters. The number of pyridine rings is 1. The minimum atomic E-state index is -0.0756. The van der Waals surface area contributed by atoms with Crippen LogP contribution in [0.1, 0.15) is 54.7 Å². The summed E-state index contributed by atoms with van der Waals surface area (Å²) in [6.45, 7) is 8.03. The van der Waals surface area contributed by atoms with Crippen LogP contribution in [0.3, 0.4) is 0 Å². The molecule has 2 heterocycles. The Morgan fingerprint density at radius 3 is 2.54 bits per heavy atom. The number of rotatable bonds is 7. The second-order valence-electron chi connectivity index (χ2n) is 7.58. The van der Waals surface area contributed by atoms with Crippen molar-refractivity contribution in [2.24, 2.45) is 5.92 Å². The molecular formula is C22H25N3O2S. The number of nitrogens with zero attached hydrogens (tertiary/aromatic N) is 3. The first-order valence-corrected chi connectivity index (χ1v) is 10.2. The summed E-state index contributed by atoms with van der Waals surface area (Å²) in [5.41, 5.74) is 5.28. The number of aliphatic hydroxyl groups is 1. The summed E-state index contributed by atoms with van der Waals surface area (Å²) in [6, 6.07) is 9.82. The number of aliphatic hydroxyl groups excluding tert-OH is 1. The molecule has 0 spiro atoms. The first kappa shape index (κ1) is 20.3. The van der Waals surface area contributed by atoms with Gasteiger partial charge in [-0.2, -0.15) is 0 Å². The van der Waals surface area contributed by atoms with Crippen molar-refractivity contribution in [3.8, 4) is 21.7 Å². The van der Waals surface area contributed by atoms with Crippen molar-refractivity contribution < 1.29 is 9.90 Å². The molecule has 146 valence electrons. The van der Waals surface area contributed by atoms with E-state index < -0.39 is 0 Å². The minimum absolute atomic E-state index is 0.00589. The van der Waals surface area contributed by atoms with Crippen LogP contribution in [0.5, 0.6) is 0 Å². The van der Waals surface area contributed by atoms with Gasteiger partial charge in [0.25, 0.3) is 0 Å². The molecule has 0 radical (unpaired) electrons. The topological polar surface area (TPSA) is 76.0 Å². The Morgan fingerprint density at radius 1 is 1.14 bits per heavy atom. The average Bonchev–Trinajstić information content (AvgIpc) is 3.18. The summed E-state index contributed by atoms with van der Waals surface area (Å²) >= 11 is 1.34. The number of ketones is 1. The Labute approximate surface area is 169 Å². The molecule has 1 aromatic carbocycles. The second kappa shape index (κ2) is 8.71. The monoisotopic (exact) mass is 395 g/mol. The second-order valence-corrected chi connectivity index (χ2v) is 8.33. The van der Waals surface area contributed by atoms with E-state index in [2.05, 4.69) is 28.4 Å². The Bertz CT molecular complexity index is 964. The van der Waals surface area contributed by atoms with Crippen molar-refractivity contribution in [2.75, 3.05) is 6.61 Å². The van der Waals surface area contributed by atoms with Crippen molar-refractivity contribution in [3.05, 3.63) is 53.3 Å². The maximum absolute atomic E-state index is 12.8. The van der Waals surface area contributed by atoms with Crippen LogP contribution in [-0.4, -0.2) is 32.1 Å². The Morgan fingerprint density at radius 2 is 1.89 bits per heavy atom. The molecule has 6 heteroatoms. The zero-order valence-electron chi connectivity index (χ0n) is 16.6. The number of hydrogen-bond donors (Lipinski definition) is 1. The predicted octanol–water partition coefficient (Wildman–Crippen LogP) is 4.90. The molecule has 0 aliphatic carbocycles. The number of carbonyl (C=O) groups excluding carboxylic acids is 1. The fourth-order valence-electron chi connectivity index (χ4n) is 2.98. The maximum Gasteiger partial charge on any atom is 0.163 e. The highest BCUT2D eigenvalue weighted by atomic mass is 32.1. The van der Waals surface area contributed by atoms with Crippen molar-refractivity contribution in [1.29, 1.82) is 0 Å². The van der Waals surface area contributed by atoms with Gasteiger partial charge in [-0.05, 0) is 65.7 Å². The van der Waals surface area contributed by atoms with Gasteiger partial charge in [0, 0.05) is 30.4 Å². The van der Waals surface area contributed by atoms with Crippen LogP contribution in [0.4, 0.5) is 0 Å². The van der Waals surface area contributed by atoms with Crippen LogP contribution in [0.2, 0.25) is 0 Å². The highest BCUT2D eigenvalue weighted by molar-refractivity contribution is 7.09. The lowest BCUT2D eigenvalue weighted by Gasteiger charge is -2.12. The van der Waals surface area contributed by atoms with Gasteiger partial charge >= 0.3 is 0 Å². The van der Waals surface area contributed by atoms with E-state index in [0.29, 0.717) is 12.0 Å². The average molecular weight is 396 g/mol. The van der Waals surface area contributed by atoms with E-state index in [1.165, 1.54) is 11.5 Å². The van der Waals surface area contributed by atoms with Crippen LogP contribution in [0.15, 0.2) is 36.5 Å². The van der Waals surface area contributed by atoms with E-state index in [4.69, 9.17) is 0 Å². The lowest BCUT2D eigenvalue weighted by Crippen LogP contribution is -2.09.